The zero-order valence-electron chi connectivity index (χ0n) is 11.9. The Balaban J connectivity index is 2.59. The van der Waals surface area contributed by atoms with Gasteiger partial charge in [0.25, 0.3) is 0 Å². The maximum atomic E-state index is 12.1. The number of amides is 1. The first kappa shape index (κ1) is 16.0. The molecule has 5 nitrogen and oxygen atoms in total. The van der Waals surface area contributed by atoms with E-state index in [1.54, 1.807) is 13.8 Å². The Kier molecular flexibility index (Phi) is 5.79. The predicted octanol–water partition coefficient (Wildman–Crippen LogP) is 1.51. The Morgan fingerprint density at radius 3 is 2.26 bits per heavy atom. The third-order valence-corrected chi connectivity index (χ3v) is 4.13. The van der Waals surface area contributed by atoms with E-state index in [1.165, 1.54) is 6.42 Å². The summed E-state index contributed by atoms with van der Waals surface area (Å²) in [4.78, 5) is 23.1. The number of rotatable bonds is 6. The van der Waals surface area contributed by atoms with Crippen LogP contribution in [0.3, 0.4) is 0 Å². The number of carbonyl (C=O) groups is 2. The first-order valence-corrected chi connectivity index (χ1v) is 7.12. The van der Waals surface area contributed by atoms with Crippen LogP contribution in [0.2, 0.25) is 0 Å². The summed E-state index contributed by atoms with van der Waals surface area (Å²) in [5.41, 5.74) is 5.72. The highest BCUT2D eigenvalue weighted by atomic mass is 16.4. The van der Waals surface area contributed by atoms with Crippen LogP contribution < -0.4 is 11.1 Å². The molecule has 5 heteroatoms. The monoisotopic (exact) mass is 270 g/mol. The van der Waals surface area contributed by atoms with Crippen molar-refractivity contribution < 1.29 is 14.7 Å². The summed E-state index contributed by atoms with van der Waals surface area (Å²) in [6.07, 6.45) is 5.70. The molecule has 1 aliphatic rings. The van der Waals surface area contributed by atoms with Crippen molar-refractivity contribution in [1.82, 2.24) is 5.32 Å². The number of carboxylic acids is 1. The summed E-state index contributed by atoms with van der Waals surface area (Å²) >= 11 is 0. The molecule has 1 atom stereocenters. The Hall–Kier alpha value is -1.10. The third-order valence-electron chi connectivity index (χ3n) is 4.13. The van der Waals surface area contributed by atoms with Gasteiger partial charge in [-0.15, -0.1) is 0 Å². The van der Waals surface area contributed by atoms with E-state index in [0.29, 0.717) is 13.0 Å². The number of aliphatic carboxylic acids is 1. The van der Waals surface area contributed by atoms with E-state index in [0.717, 1.165) is 25.7 Å². The van der Waals surface area contributed by atoms with Gasteiger partial charge in [-0.25, -0.2) is 4.79 Å². The Morgan fingerprint density at radius 2 is 1.84 bits per heavy atom. The molecule has 1 saturated carbocycles. The largest absolute Gasteiger partial charge is 0.480 e. The summed E-state index contributed by atoms with van der Waals surface area (Å²) in [7, 11) is 0. The van der Waals surface area contributed by atoms with Gasteiger partial charge in [0.1, 0.15) is 6.04 Å². The van der Waals surface area contributed by atoms with Crippen molar-refractivity contribution in [2.45, 2.75) is 58.4 Å². The molecule has 0 aromatic heterocycles. The topological polar surface area (TPSA) is 92.4 Å². The molecule has 0 aromatic rings. The fourth-order valence-corrected chi connectivity index (χ4v) is 2.83. The van der Waals surface area contributed by atoms with Gasteiger partial charge in [0.15, 0.2) is 0 Å². The van der Waals surface area contributed by atoms with Gasteiger partial charge in [0, 0.05) is 6.42 Å². The van der Waals surface area contributed by atoms with E-state index in [2.05, 4.69) is 5.32 Å². The normalized spacial score (nSPS) is 20.0. The van der Waals surface area contributed by atoms with Crippen molar-refractivity contribution >= 4 is 11.9 Å². The molecule has 1 amide bonds. The third kappa shape index (κ3) is 4.49. The van der Waals surface area contributed by atoms with E-state index >= 15 is 0 Å². The Bertz CT molecular complexity index is 323. The van der Waals surface area contributed by atoms with Gasteiger partial charge in [0.2, 0.25) is 5.91 Å². The molecule has 0 heterocycles. The van der Waals surface area contributed by atoms with E-state index in [4.69, 9.17) is 10.8 Å². The van der Waals surface area contributed by atoms with Crippen LogP contribution in [-0.2, 0) is 9.59 Å². The number of hydrogen-bond acceptors (Lipinski definition) is 3. The first-order chi connectivity index (χ1) is 8.90. The average Bonchev–Trinajstić information content (AvgIpc) is 2.36. The number of carbonyl (C=O) groups excluding carboxylic acids is 1. The van der Waals surface area contributed by atoms with E-state index in [9.17, 15) is 9.59 Å². The first-order valence-electron chi connectivity index (χ1n) is 7.12. The van der Waals surface area contributed by atoms with Crippen molar-refractivity contribution in [3.63, 3.8) is 0 Å². The average molecular weight is 270 g/mol. The molecule has 19 heavy (non-hydrogen) atoms. The van der Waals surface area contributed by atoms with Gasteiger partial charge < -0.3 is 16.2 Å². The highest BCUT2D eigenvalue weighted by Crippen LogP contribution is 2.38. The highest BCUT2D eigenvalue weighted by Gasteiger charge is 2.34. The van der Waals surface area contributed by atoms with E-state index < -0.39 is 12.0 Å². The van der Waals surface area contributed by atoms with E-state index in [-0.39, 0.29) is 17.2 Å². The fraction of sp³-hybridized carbons (Fsp3) is 0.857. The molecule has 0 aromatic carbocycles. The molecular formula is C14H26N2O3. The molecule has 1 aliphatic carbocycles. The van der Waals surface area contributed by atoms with Crippen molar-refractivity contribution in [1.29, 1.82) is 0 Å². The van der Waals surface area contributed by atoms with Crippen LogP contribution in [0.1, 0.15) is 52.4 Å². The molecule has 0 spiro atoms. The van der Waals surface area contributed by atoms with Crippen LogP contribution in [0.15, 0.2) is 0 Å². The minimum Gasteiger partial charge on any atom is -0.480 e. The zero-order chi connectivity index (χ0) is 14.5. The van der Waals surface area contributed by atoms with Crippen LogP contribution in [0.25, 0.3) is 0 Å². The Labute approximate surface area is 114 Å². The van der Waals surface area contributed by atoms with Crippen LogP contribution >= 0.6 is 0 Å². The van der Waals surface area contributed by atoms with Crippen LogP contribution in [0, 0.1) is 11.3 Å². The van der Waals surface area contributed by atoms with Gasteiger partial charge in [-0.1, -0.05) is 33.1 Å². The summed E-state index contributed by atoms with van der Waals surface area (Å²) in [6, 6.07) is -0.814. The summed E-state index contributed by atoms with van der Waals surface area (Å²) in [5, 5.41) is 11.7. The molecule has 0 saturated heterocycles. The summed E-state index contributed by atoms with van der Waals surface area (Å²) in [5.74, 6) is -1.29. The van der Waals surface area contributed by atoms with Gasteiger partial charge in [0.05, 0.1) is 0 Å². The molecule has 0 unspecified atom stereocenters. The van der Waals surface area contributed by atoms with Crippen LogP contribution in [0.5, 0.6) is 0 Å². The number of carboxylic acid groups (broad SMARTS) is 1. The summed E-state index contributed by atoms with van der Waals surface area (Å²) < 4.78 is 0. The lowest BCUT2D eigenvalue weighted by molar-refractivity contribution is -0.143. The van der Waals surface area contributed by atoms with Gasteiger partial charge in [-0.3, -0.25) is 4.79 Å². The van der Waals surface area contributed by atoms with Crippen molar-refractivity contribution in [3.8, 4) is 0 Å². The molecule has 0 aliphatic heterocycles. The lowest BCUT2D eigenvalue weighted by Crippen LogP contribution is -2.47. The predicted molar refractivity (Wildman–Crippen MR) is 73.6 cm³/mol. The minimum absolute atomic E-state index is 0.123. The van der Waals surface area contributed by atoms with Gasteiger partial charge in [-0.05, 0) is 30.7 Å². The smallest absolute Gasteiger partial charge is 0.326 e. The van der Waals surface area contributed by atoms with Crippen molar-refractivity contribution in [2.75, 3.05) is 6.54 Å². The summed E-state index contributed by atoms with van der Waals surface area (Å²) in [6.45, 7) is 4.08. The molecule has 0 radical (unpaired) electrons. The Morgan fingerprint density at radius 1 is 1.26 bits per heavy atom. The maximum Gasteiger partial charge on any atom is 0.326 e. The quantitative estimate of drug-likeness (QED) is 0.682. The molecule has 1 fully saturated rings. The maximum absolute atomic E-state index is 12.1. The highest BCUT2D eigenvalue weighted by molar-refractivity contribution is 5.84. The van der Waals surface area contributed by atoms with Crippen molar-refractivity contribution in [3.05, 3.63) is 0 Å². The van der Waals surface area contributed by atoms with Gasteiger partial charge in [-0.2, -0.15) is 0 Å². The molecule has 0 bridgehead atoms. The fourth-order valence-electron chi connectivity index (χ4n) is 2.83. The second kappa shape index (κ2) is 6.89. The van der Waals surface area contributed by atoms with Crippen molar-refractivity contribution in [2.24, 2.45) is 17.1 Å². The zero-order valence-corrected chi connectivity index (χ0v) is 11.9. The number of nitrogens with one attached hydrogen (secondary N) is 1. The van der Waals surface area contributed by atoms with E-state index in [1.807, 2.05) is 0 Å². The SMILES string of the molecule is CC(C)[C@H](NC(=O)CC1(CN)CCCCC1)C(=O)O. The minimum atomic E-state index is -0.978. The molecule has 110 valence electrons. The van der Waals surface area contributed by atoms with Crippen LogP contribution in [0.4, 0.5) is 0 Å². The lowest BCUT2D eigenvalue weighted by Gasteiger charge is -2.36. The van der Waals surface area contributed by atoms with Crippen LogP contribution in [-0.4, -0.2) is 29.6 Å². The number of nitrogens with two attached hydrogens (primary N) is 1. The molecule has 1 rings (SSSR count). The molecule has 4 N–H and O–H groups in total. The second-order valence-corrected chi connectivity index (χ2v) is 6.07. The molecular weight excluding hydrogens is 244 g/mol. The second-order valence-electron chi connectivity index (χ2n) is 6.07. The lowest BCUT2D eigenvalue weighted by atomic mass is 9.71. The number of hydrogen-bond donors (Lipinski definition) is 3. The van der Waals surface area contributed by atoms with Gasteiger partial charge >= 0.3 is 5.97 Å². The standard InChI is InChI=1S/C14H26N2O3/c1-10(2)12(13(18)19)16-11(17)8-14(9-15)6-4-3-5-7-14/h10,12H,3-9,15H2,1-2H3,(H,16,17)(H,18,19)/t12-/m0/s1.